The maximum atomic E-state index is 11.3. The Morgan fingerprint density at radius 1 is 1.27 bits per heavy atom. The van der Waals surface area contributed by atoms with Crippen LogP contribution in [0.25, 0.3) is 0 Å². The van der Waals surface area contributed by atoms with Crippen molar-refractivity contribution in [2.45, 2.75) is 6.42 Å². The van der Waals surface area contributed by atoms with Gasteiger partial charge in [0.15, 0.2) is 5.96 Å². The number of guanidine groups is 1. The Hall–Kier alpha value is -1.26. The van der Waals surface area contributed by atoms with Gasteiger partial charge in [-0.2, -0.15) is 4.99 Å². The SMILES string of the molecule is [15NH2][13C]([15NH2])=[15N][13C](=O)Cc1c(Cl)cccc1Cl. The van der Waals surface area contributed by atoms with Crippen molar-refractivity contribution in [2.24, 2.45) is 16.5 Å². The average molecular weight is 251 g/mol. The van der Waals surface area contributed by atoms with Gasteiger partial charge >= 0.3 is 0 Å². The van der Waals surface area contributed by atoms with Gasteiger partial charge in [-0.15, -0.1) is 0 Å². The summed E-state index contributed by atoms with van der Waals surface area (Å²) in [4.78, 5) is 14.6. The first-order chi connectivity index (χ1) is 7.00. The standard InChI is InChI=1S/C9H9Cl2N3O/c10-6-2-1-3-7(11)5(6)4-8(15)14-9(12)13/h1-3H,4H2,(H4,12,13,14,15)/i8+1,9+1,12+1,13+1,14+1. The van der Waals surface area contributed by atoms with Crippen LogP contribution in [0.3, 0.4) is 0 Å². The van der Waals surface area contributed by atoms with E-state index in [2.05, 4.69) is 4.99 Å². The Labute approximate surface area is 96.9 Å². The van der Waals surface area contributed by atoms with E-state index in [1.165, 1.54) is 0 Å². The van der Waals surface area contributed by atoms with Gasteiger partial charge in [-0.1, -0.05) is 29.3 Å². The van der Waals surface area contributed by atoms with Gasteiger partial charge in [0, 0.05) is 10.0 Å². The van der Waals surface area contributed by atoms with E-state index in [1.54, 1.807) is 18.2 Å². The fraction of sp³-hybridized carbons (Fsp3) is 0.111. The van der Waals surface area contributed by atoms with Crippen LogP contribution in [0.15, 0.2) is 23.2 Å². The van der Waals surface area contributed by atoms with E-state index in [0.717, 1.165) is 0 Å². The molecule has 0 unspecified atom stereocenters. The molecule has 15 heavy (non-hydrogen) atoms. The Kier molecular flexibility index (Phi) is 3.94. The van der Waals surface area contributed by atoms with Gasteiger partial charge < -0.3 is 11.5 Å². The second-order valence-electron chi connectivity index (χ2n) is 2.81. The molecule has 0 radical (unpaired) electrons. The zero-order chi connectivity index (χ0) is 11.4. The first-order valence-electron chi connectivity index (χ1n) is 4.06. The third-order valence-electron chi connectivity index (χ3n) is 1.64. The van der Waals surface area contributed by atoms with Crippen molar-refractivity contribution in [3.63, 3.8) is 0 Å². The number of amides is 1. The molecule has 0 saturated carbocycles. The van der Waals surface area contributed by atoms with Crippen molar-refractivity contribution in [3.05, 3.63) is 33.8 Å². The molecule has 0 aliphatic carbocycles. The Bertz CT molecular complexity index is 394. The minimum absolute atomic E-state index is 0.0175. The van der Waals surface area contributed by atoms with Crippen LogP contribution in [0.2, 0.25) is 10.0 Å². The summed E-state index contributed by atoms with van der Waals surface area (Å²) in [5, 5.41) is 0.836. The molecule has 4 nitrogen and oxygen atoms in total. The minimum Gasteiger partial charge on any atom is -0.370 e. The van der Waals surface area contributed by atoms with E-state index >= 15 is 0 Å². The molecule has 0 heterocycles. The Morgan fingerprint density at radius 2 is 1.80 bits per heavy atom. The predicted molar refractivity (Wildman–Crippen MR) is 61.0 cm³/mol. The average Bonchev–Trinajstić information content (AvgIpc) is 2.10. The molecule has 80 valence electrons. The van der Waals surface area contributed by atoms with Crippen molar-refractivity contribution in [3.8, 4) is 0 Å². The van der Waals surface area contributed by atoms with Crippen molar-refractivity contribution in [1.82, 2.24) is 0 Å². The molecular weight excluding hydrogens is 242 g/mol. The lowest BCUT2D eigenvalue weighted by molar-refractivity contribution is -0.117. The number of hydrogen-bond acceptors (Lipinski definition) is 1. The van der Waals surface area contributed by atoms with Crippen LogP contribution < -0.4 is 11.5 Å². The lowest BCUT2D eigenvalue weighted by Crippen LogP contribution is -2.24. The highest BCUT2D eigenvalue weighted by molar-refractivity contribution is 6.36. The highest BCUT2D eigenvalue weighted by atomic mass is 35.5. The van der Waals surface area contributed by atoms with Gasteiger partial charge in [0.2, 0.25) is 0 Å². The number of aliphatic imine (C=N–C) groups is 1. The summed E-state index contributed by atoms with van der Waals surface area (Å²) in [6.45, 7) is 0. The van der Waals surface area contributed by atoms with Crippen molar-refractivity contribution < 1.29 is 4.79 Å². The Balaban J connectivity index is 2.90. The van der Waals surface area contributed by atoms with E-state index in [-0.39, 0.29) is 12.4 Å². The summed E-state index contributed by atoms with van der Waals surface area (Å²) in [6.07, 6.45) is -0.0175. The lowest BCUT2D eigenvalue weighted by Gasteiger charge is -2.03. The summed E-state index contributed by atoms with van der Waals surface area (Å²) in [5.74, 6) is -0.756. The monoisotopic (exact) mass is 250 g/mol. The largest absolute Gasteiger partial charge is 0.370 e. The third-order valence-corrected chi connectivity index (χ3v) is 2.35. The number of nitrogens with two attached hydrogens (primary N) is 2. The first-order valence-corrected chi connectivity index (χ1v) is 4.81. The fourth-order valence-electron chi connectivity index (χ4n) is 1.04. The van der Waals surface area contributed by atoms with Crippen molar-refractivity contribution >= 4 is 35.1 Å². The number of halogens is 2. The molecule has 1 aromatic rings. The number of nitrogens with zero attached hydrogens (tertiary/aromatic N) is 1. The van der Waals surface area contributed by atoms with Gasteiger partial charge in [-0.05, 0) is 17.7 Å². The summed E-state index contributed by atoms with van der Waals surface area (Å²) >= 11 is 11.7. The molecular formula is C9H9Cl2N3O. The molecule has 0 atom stereocenters. The fourth-order valence-corrected chi connectivity index (χ4v) is 1.57. The van der Waals surface area contributed by atoms with E-state index < -0.39 is 5.91 Å². The summed E-state index contributed by atoms with van der Waals surface area (Å²) in [5.41, 5.74) is 10.7. The second-order valence-corrected chi connectivity index (χ2v) is 3.62. The van der Waals surface area contributed by atoms with E-state index in [9.17, 15) is 4.79 Å². The van der Waals surface area contributed by atoms with Crippen LogP contribution in [-0.4, -0.2) is 11.9 Å². The molecule has 0 aromatic heterocycles. The topological polar surface area (TPSA) is 81.5 Å². The molecule has 0 fully saturated rings. The van der Waals surface area contributed by atoms with Crippen LogP contribution in [-0.2, 0) is 11.2 Å². The van der Waals surface area contributed by atoms with Crippen LogP contribution in [0.1, 0.15) is 5.56 Å². The normalized spacial score (nSPS) is 9.73. The summed E-state index contributed by atoms with van der Waals surface area (Å²) in [7, 11) is 0. The summed E-state index contributed by atoms with van der Waals surface area (Å²) < 4.78 is 0. The van der Waals surface area contributed by atoms with Gasteiger partial charge in [-0.25, -0.2) is 0 Å². The van der Waals surface area contributed by atoms with Crippen molar-refractivity contribution in [2.75, 3.05) is 0 Å². The lowest BCUT2D eigenvalue weighted by atomic mass is 10.2. The molecule has 0 saturated heterocycles. The van der Waals surface area contributed by atoms with Crippen LogP contribution >= 0.6 is 23.2 Å². The van der Waals surface area contributed by atoms with Crippen LogP contribution in [0, 0.1) is 0 Å². The van der Waals surface area contributed by atoms with Crippen LogP contribution in [0.4, 0.5) is 0 Å². The second kappa shape index (κ2) is 5.00. The highest BCUT2D eigenvalue weighted by Gasteiger charge is 2.09. The summed E-state index contributed by atoms with van der Waals surface area (Å²) in [6, 6.07) is 4.98. The third kappa shape index (κ3) is 3.42. The number of carbonyl (C=O) groups excluding carboxylic acids is 1. The van der Waals surface area contributed by atoms with Gasteiger partial charge in [-0.3, -0.25) is 4.79 Å². The quantitative estimate of drug-likeness (QED) is 0.360. The van der Waals surface area contributed by atoms with E-state index in [1.807, 2.05) is 0 Å². The molecule has 0 aliphatic heterocycles. The molecule has 1 aromatic carbocycles. The first kappa shape index (κ1) is 11.8. The zero-order valence-electron chi connectivity index (χ0n) is 7.71. The molecule has 6 heteroatoms. The molecule has 1 amide bonds. The van der Waals surface area contributed by atoms with E-state index in [0.29, 0.717) is 15.6 Å². The maximum Gasteiger partial charge on any atom is 0.253 e. The number of rotatable bonds is 2. The minimum atomic E-state index is -0.481. The zero-order valence-corrected chi connectivity index (χ0v) is 9.22. The molecule has 1 rings (SSSR count). The number of benzene rings is 1. The molecule has 4 N–H and O–H groups in total. The molecule has 0 aliphatic rings. The van der Waals surface area contributed by atoms with Gasteiger partial charge in [0.1, 0.15) is 0 Å². The predicted octanol–water partition coefficient (Wildman–Crippen LogP) is 1.34. The van der Waals surface area contributed by atoms with Crippen LogP contribution in [0.5, 0.6) is 0 Å². The van der Waals surface area contributed by atoms with E-state index in [4.69, 9.17) is 34.7 Å². The molecule has 0 bridgehead atoms. The number of carbonyl (C=O) groups is 1. The molecule has 0 spiro atoms. The maximum absolute atomic E-state index is 11.3. The van der Waals surface area contributed by atoms with Gasteiger partial charge in [0.05, 0.1) is 6.42 Å². The number of hydrogen-bond donors (Lipinski definition) is 2. The van der Waals surface area contributed by atoms with Gasteiger partial charge in [0.25, 0.3) is 5.91 Å². The Morgan fingerprint density at radius 3 is 2.27 bits per heavy atom. The smallest absolute Gasteiger partial charge is 0.253 e. The highest BCUT2D eigenvalue weighted by Crippen LogP contribution is 2.24. The van der Waals surface area contributed by atoms with Crippen molar-refractivity contribution in [1.29, 1.82) is 0 Å².